The highest BCUT2D eigenvalue weighted by Crippen LogP contribution is 2.24. The fraction of sp³-hybridized carbons (Fsp3) is 0.333. The number of carbonyl (C=O) groups is 1. The van der Waals surface area contributed by atoms with Gasteiger partial charge in [0.25, 0.3) is 5.92 Å². The topological polar surface area (TPSA) is 39.2 Å². The average Bonchev–Trinajstić information content (AvgIpc) is 2.15. The average molecular weight is 201 g/mol. The molecule has 0 atom stereocenters. The van der Waals surface area contributed by atoms with Gasteiger partial charge in [0, 0.05) is 6.92 Å². The minimum atomic E-state index is -3.05. The van der Waals surface area contributed by atoms with Crippen LogP contribution in [0.15, 0.2) is 18.2 Å². The van der Waals surface area contributed by atoms with Crippen molar-refractivity contribution >= 4 is 5.97 Å². The molecule has 0 aliphatic heterocycles. The van der Waals surface area contributed by atoms with Gasteiger partial charge in [0.15, 0.2) is 0 Å². The van der Waals surface area contributed by atoms with Crippen molar-refractivity contribution in [1.29, 1.82) is 0 Å². The molecule has 0 amide bonds. The van der Waals surface area contributed by atoms with Crippen LogP contribution in [-0.4, -0.2) is 18.1 Å². The molecule has 1 heterocycles. The van der Waals surface area contributed by atoms with Crippen molar-refractivity contribution in [3.05, 3.63) is 29.6 Å². The highest BCUT2D eigenvalue weighted by atomic mass is 19.3. The SMILES string of the molecule is COC(=O)c1cccc(C(C)(F)F)n1. The van der Waals surface area contributed by atoms with Crippen LogP contribution in [0.1, 0.15) is 23.1 Å². The summed E-state index contributed by atoms with van der Waals surface area (Å²) in [4.78, 5) is 14.5. The molecule has 14 heavy (non-hydrogen) atoms. The lowest BCUT2D eigenvalue weighted by atomic mass is 10.2. The van der Waals surface area contributed by atoms with Crippen LogP contribution in [-0.2, 0) is 10.7 Å². The van der Waals surface area contributed by atoms with Crippen molar-refractivity contribution < 1.29 is 18.3 Å². The third-order valence-corrected chi connectivity index (χ3v) is 1.59. The van der Waals surface area contributed by atoms with E-state index < -0.39 is 17.6 Å². The Balaban J connectivity index is 3.08. The van der Waals surface area contributed by atoms with E-state index in [1.807, 2.05) is 0 Å². The first-order valence-corrected chi connectivity index (χ1v) is 3.89. The lowest BCUT2D eigenvalue weighted by Crippen LogP contribution is -2.13. The number of ether oxygens (including phenoxy) is 1. The summed E-state index contributed by atoms with van der Waals surface area (Å²) >= 11 is 0. The predicted molar refractivity (Wildman–Crippen MR) is 45.1 cm³/mol. The summed E-state index contributed by atoms with van der Waals surface area (Å²) < 4.78 is 29.9. The Morgan fingerprint density at radius 1 is 1.50 bits per heavy atom. The molecule has 3 nitrogen and oxygen atoms in total. The first-order valence-electron chi connectivity index (χ1n) is 3.89. The van der Waals surface area contributed by atoms with Gasteiger partial charge in [-0.15, -0.1) is 0 Å². The van der Waals surface area contributed by atoms with E-state index in [9.17, 15) is 13.6 Å². The van der Waals surface area contributed by atoms with Crippen LogP contribution in [0.3, 0.4) is 0 Å². The quantitative estimate of drug-likeness (QED) is 0.687. The number of pyridine rings is 1. The van der Waals surface area contributed by atoms with Gasteiger partial charge >= 0.3 is 5.97 Å². The minimum Gasteiger partial charge on any atom is -0.464 e. The molecular formula is C9H9F2NO2. The Labute approximate surface area is 79.7 Å². The third-order valence-electron chi connectivity index (χ3n) is 1.59. The number of aromatic nitrogens is 1. The van der Waals surface area contributed by atoms with Gasteiger partial charge in [0.1, 0.15) is 11.4 Å². The van der Waals surface area contributed by atoms with E-state index in [1.54, 1.807) is 0 Å². The van der Waals surface area contributed by atoms with Crippen molar-refractivity contribution in [3.8, 4) is 0 Å². The first kappa shape index (κ1) is 10.6. The first-order chi connectivity index (χ1) is 6.45. The summed E-state index contributed by atoms with van der Waals surface area (Å²) in [6, 6.07) is 3.82. The van der Waals surface area contributed by atoms with Gasteiger partial charge in [-0.2, -0.15) is 8.78 Å². The fourth-order valence-electron chi connectivity index (χ4n) is 0.897. The molecule has 0 aliphatic carbocycles. The Morgan fingerprint density at radius 2 is 2.14 bits per heavy atom. The molecule has 0 unspecified atom stereocenters. The van der Waals surface area contributed by atoms with Gasteiger partial charge in [0.05, 0.1) is 7.11 Å². The number of hydrogen-bond acceptors (Lipinski definition) is 3. The van der Waals surface area contributed by atoms with E-state index in [0.717, 1.165) is 13.0 Å². The van der Waals surface area contributed by atoms with Crippen LogP contribution in [0.2, 0.25) is 0 Å². The number of carbonyl (C=O) groups excluding carboxylic acids is 1. The van der Waals surface area contributed by atoms with Crippen LogP contribution in [0, 0.1) is 0 Å². The zero-order valence-electron chi connectivity index (χ0n) is 7.75. The number of halogens is 2. The number of nitrogens with zero attached hydrogens (tertiary/aromatic N) is 1. The lowest BCUT2D eigenvalue weighted by Gasteiger charge is -2.09. The fourth-order valence-corrected chi connectivity index (χ4v) is 0.897. The summed E-state index contributed by atoms with van der Waals surface area (Å²) in [5.74, 6) is -3.78. The Morgan fingerprint density at radius 3 is 2.64 bits per heavy atom. The molecule has 5 heteroatoms. The molecule has 0 saturated heterocycles. The van der Waals surface area contributed by atoms with Gasteiger partial charge in [-0.3, -0.25) is 0 Å². The summed E-state index contributed by atoms with van der Waals surface area (Å²) in [7, 11) is 1.17. The predicted octanol–water partition coefficient (Wildman–Crippen LogP) is 1.98. The number of methoxy groups -OCH3 is 1. The minimum absolute atomic E-state index is 0.119. The molecule has 0 aromatic carbocycles. The van der Waals surface area contributed by atoms with Crippen LogP contribution in [0.4, 0.5) is 8.78 Å². The second kappa shape index (κ2) is 3.69. The van der Waals surface area contributed by atoms with Crippen molar-refractivity contribution in [2.24, 2.45) is 0 Å². The monoisotopic (exact) mass is 201 g/mol. The molecule has 0 aliphatic rings. The maximum Gasteiger partial charge on any atom is 0.356 e. The number of esters is 1. The number of hydrogen-bond donors (Lipinski definition) is 0. The molecule has 0 bridgehead atoms. The molecule has 76 valence electrons. The van der Waals surface area contributed by atoms with Crippen molar-refractivity contribution in [2.45, 2.75) is 12.8 Å². The Hall–Kier alpha value is -1.52. The van der Waals surface area contributed by atoms with E-state index >= 15 is 0 Å². The van der Waals surface area contributed by atoms with Gasteiger partial charge < -0.3 is 4.74 Å². The van der Waals surface area contributed by atoms with Crippen molar-refractivity contribution in [3.63, 3.8) is 0 Å². The van der Waals surface area contributed by atoms with Crippen LogP contribution < -0.4 is 0 Å². The molecule has 1 aromatic heterocycles. The van der Waals surface area contributed by atoms with Crippen LogP contribution in [0.5, 0.6) is 0 Å². The molecule has 0 N–H and O–H groups in total. The van der Waals surface area contributed by atoms with Crippen LogP contribution >= 0.6 is 0 Å². The summed E-state index contributed by atoms with van der Waals surface area (Å²) in [6.07, 6.45) is 0. The maximum absolute atomic E-state index is 12.8. The van der Waals surface area contributed by atoms with Crippen LogP contribution in [0.25, 0.3) is 0 Å². The molecule has 0 saturated carbocycles. The highest BCUT2D eigenvalue weighted by Gasteiger charge is 2.26. The molecule has 0 fully saturated rings. The lowest BCUT2D eigenvalue weighted by molar-refractivity contribution is 0.0124. The normalized spacial score (nSPS) is 11.1. The molecule has 0 radical (unpaired) electrons. The third kappa shape index (κ3) is 2.25. The largest absolute Gasteiger partial charge is 0.464 e. The Kier molecular flexibility index (Phi) is 2.78. The van der Waals surface area contributed by atoms with Crippen molar-refractivity contribution in [1.82, 2.24) is 4.98 Å². The van der Waals surface area contributed by atoms with E-state index in [0.29, 0.717) is 0 Å². The summed E-state index contributed by atoms with van der Waals surface area (Å²) in [5, 5.41) is 0. The highest BCUT2D eigenvalue weighted by molar-refractivity contribution is 5.87. The maximum atomic E-state index is 12.8. The molecular weight excluding hydrogens is 192 g/mol. The van der Waals surface area contributed by atoms with Gasteiger partial charge in [0.2, 0.25) is 0 Å². The molecule has 1 aromatic rings. The summed E-state index contributed by atoms with van der Waals surface area (Å²) in [6.45, 7) is 0.719. The zero-order valence-corrected chi connectivity index (χ0v) is 7.75. The van der Waals surface area contributed by atoms with E-state index in [2.05, 4.69) is 9.72 Å². The second-order valence-electron chi connectivity index (χ2n) is 2.79. The second-order valence-corrected chi connectivity index (χ2v) is 2.79. The standard InChI is InChI=1S/C9H9F2NO2/c1-9(10,11)7-5-3-4-6(12-7)8(13)14-2/h3-5H,1-2H3. The molecule has 1 rings (SSSR count). The van der Waals surface area contributed by atoms with Crippen molar-refractivity contribution in [2.75, 3.05) is 7.11 Å². The van der Waals surface area contributed by atoms with E-state index in [1.165, 1.54) is 19.2 Å². The van der Waals surface area contributed by atoms with E-state index in [-0.39, 0.29) is 5.69 Å². The zero-order chi connectivity index (χ0) is 10.8. The van der Waals surface area contributed by atoms with E-state index in [4.69, 9.17) is 0 Å². The molecule has 0 spiro atoms. The smallest absolute Gasteiger partial charge is 0.356 e. The van der Waals surface area contributed by atoms with Gasteiger partial charge in [-0.25, -0.2) is 9.78 Å². The number of rotatable bonds is 2. The van der Waals surface area contributed by atoms with Gasteiger partial charge in [-0.1, -0.05) is 6.07 Å². The Bertz CT molecular complexity index is 347. The summed E-state index contributed by atoms with van der Waals surface area (Å²) in [5.41, 5.74) is -0.563. The number of alkyl halides is 2. The van der Waals surface area contributed by atoms with Gasteiger partial charge in [-0.05, 0) is 12.1 Å².